The summed E-state index contributed by atoms with van der Waals surface area (Å²) in [7, 11) is 0. The third-order valence-electron chi connectivity index (χ3n) is 2.24. The topological polar surface area (TPSA) is 29.9 Å². The number of hydrogen-bond donors (Lipinski definition) is 1. The fraction of sp³-hybridized carbons (Fsp3) is 0.364. The molecule has 2 heterocycles. The highest BCUT2D eigenvalue weighted by molar-refractivity contribution is 7.07. The summed E-state index contributed by atoms with van der Waals surface area (Å²) in [5.74, 6) is 0. The quantitative estimate of drug-likeness (QED) is 0.757. The van der Waals surface area contributed by atoms with E-state index >= 15 is 0 Å². The highest BCUT2D eigenvalue weighted by Gasteiger charge is 1.93. The number of imidazole rings is 1. The predicted molar refractivity (Wildman–Crippen MR) is 62.9 cm³/mol. The molecule has 0 saturated heterocycles. The van der Waals surface area contributed by atoms with E-state index in [9.17, 15) is 0 Å². The molecule has 2 rings (SSSR count). The van der Waals surface area contributed by atoms with Crippen LogP contribution in [-0.2, 0) is 13.1 Å². The Balaban J connectivity index is 1.56. The summed E-state index contributed by atoms with van der Waals surface area (Å²) in [6.07, 6.45) is 6.82. The summed E-state index contributed by atoms with van der Waals surface area (Å²) in [5.41, 5.74) is 1.38. The molecule has 15 heavy (non-hydrogen) atoms. The maximum Gasteiger partial charge on any atom is 0.0945 e. The van der Waals surface area contributed by atoms with Crippen LogP contribution in [0.2, 0.25) is 0 Å². The minimum atomic E-state index is 0.980. The first-order chi connectivity index (χ1) is 7.45. The molecule has 0 bridgehead atoms. The molecule has 2 aromatic heterocycles. The highest BCUT2D eigenvalue weighted by atomic mass is 32.1. The standard InChI is InChI=1S/C11H15N3S/c1(5-14-6-4-13-10-14)3-12-8-11-2-7-15-9-11/h2,4,6-7,9-10,12H,1,3,5,8H2. The van der Waals surface area contributed by atoms with Crippen LogP contribution in [0.3, 0.4) is 0 Å². The second-order valence-corrected chi connectivity index (χ2v) is 4.24. The average Bonchev–Trinajstić information content (AvgIpc) is 2.88. The SMILES string of the molecule is c1cn(CCCNCc2ccsc2)cn1. The van der Waals surface area contributed by atoms with E-state index < -0.39 is 0 Å². The van der Waals surface area contributed by atoms with Crippen LogP contribution < -0.4 is 5.32 Å². The molecule has 0 atom stereocenters. The maximum absolute atomic E-state index is 4.01. The maximum atomic E-state index is 4.01. The van der Waals surface area contributed by atoms with Crippen LogP contribution in [0, 0.1) is 0 Å². The van der Waals surface area contributed by atoms with Crippen molar-refractivity contribution in [2.24, 2.45) is 0 Å². The molecule has 2 aromatic rings. The van der Waals surface area contributed by atoms with Gasteiger partial charge < -0.3 is 9.88 Å². The third kappa shape index (κ3) is 3.49. The minimum absolute atomic E-state index is 0.980. The molecule has 0 aromatic carbocycles. The first-order valence-corrected chi connectivity index (χ1v) is 6.07. The number of aromatic nitrogens is 2. The van der Waals surface area contributed by atoms with Crippen LogP contribution in [0.1, 0.15) is 12.0 Å². The Kier molecular flexibility index (Phi) is 3.93. The Hall–Kier alpha value is -1.13. The molecule has 0 spiro atoms. The summed E-state index contributed by atoms with van der Waals surface area (Å²) in [6.45, 7) is 3.07. The van der Waals surface area contributed by atoms with Crippen molar-refractivity contribution in [1.82, 2.24) is 14.9 Å². The Morgan fingerprint density at radius 2 is 2.47 bits per heavy atom. The lowest BCUT2D eigenvalue weighted by molar-refractivity contribution is 0.581. The molecule has 0 radical (unpaired) electrons. The van der Waals surface area contributed by atoms with Crippen LogP contribution >= 0.6 is 11.3 Å². The second-order valence-electron chi connectivity index (χ2n) is 3.46. The van der Waals surface area contributed by atoms with E-state index in [2.05, 4.69) is 31.7 Å². The lowest BCUT2D eigenvalue weighted by atomic mass is 10.3. The zero-order chi connectivity index (χ0) is 10.3. The third-order valence-corrected chi connectivity index (χ3v) is 2.97. The summed E-state index contributed by atoms with van der Waals surface area (Å²) < 4.78 is 2.10. The van der Waals surface area contributed by atoms with Crippen LogP contribution in [0.4, 0.5) is 0 Å². The summed E-state index contributed by atoms with van der Waals surface area (Å²) >= 11 is 1.75. The molecular formula is C11H15N3S. The smallest absolute Gasteiger partial charge is 0.0945 e. The van der Waals surface area contributed by atoms with Gasteiger partial charge >= 0.3 is 0 Å². The molecule has 0 aliphatic carbocycles. The highest BCUT2D eigenvalue weighted by Crippen LogP contribution is 2.04. The van der Waals surface area contributed by atoms with Gasteiger partial charge in [-0.15, -0.1) is 0 Å². The van der Waals surface area contributed by atoms with Crippen molar-refractivity contribution in [1.29, 1.82) is 0 Å². The number of thiophene rings is 1. The van der Waals surface area contributed by atoms with Crippen molar-refractivity contribution >= 4 is 11.3 Å². The summed E-state index contributed by atoms with van der Waals surface area (Å²) in [5, 5.41) is 7.72. The van der Waals surface area contributed by atoms with Crippen molar-refractivity contribution in [2.75, 3.05) is 6.54 Å². The van der Waals surface area contributed by atoms with E-state index in [1.165, 1.54) is 5.56 Å². The van der Waals surface area contributed by atoms with E-state index in [0.29, 0.717) is 0 Å². The number of nitrogens with zero attached hydrogens (tertiary/aromatic N) is 2. The van der Waals surface area contributed by atoms with E-state index in [1.54, 1.807) is 11.3 Å². The molecule has 3 nitrogen and oxygen atoms in total. The van der Waals surface area contributed by atoms with Crippen molar-refractivity contribution in [3.8, 4) is 0 Å². The molecular weight excluding hydrogens is 206 g/mol. The van der Waals surface area contributed by atoms with E-state index in [-0.39, 0.29) is 0 Å². The van der Waals surface area contributed by atoms with Gasteiger partial charge in [0.1, 0.15) is 0 Å². The van der Waals surface area contributed by atoms with Gasteiger partial charge in [-0.3, -0.25) is 0 Å². The molecule has 0 amide bonds. The Labute approximate surface area is 93.8 Å². The van der Waals surface area contributed by atoms with Crippen molar-refractivity contribution in [2.45, 2.75) is 19.5 Å². The fourth-order valence-electron chi connectivity index (χ4n) is 1.43. The first-order valence-electron chi connectivity index (χ1n) is 5.13. The minimum Gasteiger partial charge on any atom is -0.337 e. The lowest BCUT2D eigenvalue weighted by Crippen LogP contribution is -2.15. The van der Waals surface area contributed by atoms with Crippen molar-refractivity contribution in [3.05, 3.63) is 41.1 Å². The number of hydrogen-bond acceptors (Lipinski definition) is 3. The first kappa shape index (κ1) is 10.4. The van der Waals surface area contributed by atoms with E-state index in [1.807, 2.05) is 18.7 Å². The van der Waals surface area contributed by atoms with Gasteiger partial charge in [0.05, 0.1) is 6.33 Å². The zero-order valence-corrected chi connectivity index (χ0v) is 9.41. The van der Waals surface area contributed by atoms with Gasteiger partial charge in [-0.25, -0.2) is 4.98 Å². The van der Waals surface area contributed by atoms with Crippen LogP contribution in [0.15, 0.2) is 35.5 Å². The molecule has 0 aliphatic rings. The zero-order valence-electron chi connectivity index (χ0n) is 8.60. The monoisotopic (exact) mass is 221 g/mol. The Morgan fingerprint density at radius 1 is 1.47 bits per heavy atom. The van der Waals surface area contributed by atoms with Gasteiger partial charge in [-0.1, -0.05) is 0 Å². The normalized spacial score (nSPS) is 10.7. The van der Waals surface area contributed by atoms with Crippen LogP contribution in [0.5, 0.6) is 0 Å². The van der Waals surface area contributed by atoms with Gasteiger partial charge in [-0.2, -0.15) is 11.3 Å². The van der Waals surface area contributed by atoms with Crippen molar-refractivity contribution < 1.29 is 0 Å². The Morgan fingerprint density at radius 3 is 3.20 bits per heavy atom. The number of rotatable bonds is 6. The molecule has 1 N–H and O–H groups in total. The lowest BCUT2D eigenvalue weighted by Gasteiger charge is -2.03. The van der Waals surface area contributed by atoms with E-state index in [0.717, 1.165) is 26.1 Å². The molecule has 0 fully saturated rings. The number of aryl methyl sites for hydroxylation is 1. The van der Waals surface area contributed by atoms with Gasteiger partial charge in [0.2, 0.25) is 0 Å². The molecule has 80 valence electrons. The molecule has 4 heteroatoms. The molecule has 0 aliphatic heterocycles. The van der Waals surface area contributed by atoms with Crippen LogP contribution in [-0.4, -0.2) is 16.1 Å². The average molecular weight is 221 g/mol. The largest absolute Gasteiger partial charge is 0.337 e. The van der Waals surface area contributed by atoms with Gasteiger partial charge in [0.15, 0.2) is 0 Å². The molecule has 0 saturated carbocycles. The van der Waals surface area contributed by atoms with E-state index in [4.69, 9.17) is 0 Å². The van der Waals surface area contributed by atoms with Crippen LogP contribution in [0.25, 0.3) is 0 Å². The van der Waals surface area contributed by atoms with Crippen molar-refractivity contribution in [3.63, 3.8) is 0 Å². The van der Waals surface area contributed by atoms with Gasteiger partial charge in [-0.05, 0) is 35.4 Å². The predicted octanol–water partition coefficient (Wildman–Crippen LogP) is 2.12. The fourth-order valence-corrected chi connectivity index (χ4v) is 2.10. The van der Waals surface area contributed by atoms with Gasteiger partial charge in [0.25, 0.3) is 0 Å². The summed E-state index contributed by atoms with van der Waals surface area (Å²) in [6, 6.07) is 2.16. The molecule has 0 unspecified atom stereocenters. The van der Waals surface area contributed by atoms with Gasteiger partial charge in [0, 0.05) is 25.5 Å². The Bertz CT molecular complexity index is 317. The second kappa shape index (κ2) is 5.68. The summed E-state index contributed by atoms with van der Waals surface area (Å²) in [4.78, 5) is 4.01. The number of nitrogens with one attached hydrogen (secondary N) is 1.